The third-order valence-corrected chi connectivity index (χ3v) is 1.36. The van der Waals surface area contributed by atoms with Crippen molar-refractivity contribution in [2.75, 3.05) is 0 Å². The second-order valence-corrected chi connectivity index (χ2v) is 2.62. The van der Waals surface area contributed by atoms with Gasteiger partial charge in [-0.25, -0.2) is 0 Å². The Balaban J connectivity index is 3.05. The summed E-state index contributed by atoms with van der Waals surface area (Å²) >= 11 is 4.46. The molecule has 1 aromatic rings. The highest BCUT2D eigenvalue weighted by Gasteiger charge is 2.10. The van der Waals surface area contributed by atoms with E-state index in [9.17, 15) is 0 Å². The van der Waals surface area contributed by atoms with Crippen LogP contribution in [0.2, 0.25) is 0 Å². The average Bonchev–Trinajstić information content (AvgIpc) is 2.36. The topological polar surface area (TPSA) is 38.4 Å². The maximum atomic E-state index is 4.95. The molecule has 0 radical (unpaired) electrons. The van der Waals surface area contributed by atoms with E-state index in [2.05, 4.69) is 27.5 Å². The number of thiocarbonyl (C=S) groups is 1. The van der Waals surface area contributed by atoms with E-state index >= 15 is 0 Å². The van der Waals surface area contributed by atoms with Crippen LogP contribution in [0.3, 0.4) is 0 Å². The fourth-order valence-electron chi connectivity index (χ4n) is 0.778. The SMILES string of the molecule is CC(C)c1oncc1N=C=S. The van der Waals surface area contributed by atoms with Crippen LogP contribution in [0, 0.1) is 0 Å². The number of aromatic nitrogens is 1. The Kier molecular flexibility index (Phi) is 2.52. The zero-order valence-corrected chi connectivity index (χ0v) is 7.18. The van der Waals surface area contributed by atoms with Crippen molar-refractivity contribution in [2.24, 2.45) is 4.99 Å². The molecule has 0 unspecified atom stereocenters. The maximum Gasteiger partial charge on any atom is 0.165 e. The average molecular weight is 168 g/mol. The molecular weight excluding hydrogens is 160 g/mol. The molecular formula is C7H8N2OS. The summed E-state index contributed by atoms with van der Waals surface area (Å²) in [6, 6.07) is 0. The fourth-order valence-corrected chi connectivity index (χ4v) is 0.876. The summed E-state index contributed by atoms with van der Waals surface area (Å²) < 4.78 is 4.95. The lowest BCUT2D eigenvalue weighted by atomic mass is 10.1. The minimum Gasteiger partial charge on any atom is -0.359 e. The van der Waals surface area contributed by atoms with Crippen molar-refractivity contribution in [1.82, 2.24) is 5.16 Å². The second kappa shape index (κ2) is 3.42. The molecule has 0 bridgehead atoms. The second-order valence-electron chi connectivity index (χ2n) is 2.43. The van der Waals surface area contributed by atoms with Crippen molar-refractivity contribution in [1.29, 1.82) is 0 Å². The lowest BCUT2D eigenvalue weighted by Crippen LogP contribution is -1.82. The Morgan fingerprint density at radius 1 is 1.73 bits per heavy atom. The van der Waals surface area contributed by atoms with Crippen LogP contribution >= 0.6 is 12.2 Å². The third kappa shape index (κ3) is 1.73. The molecule has 3 nitrogen and oxygen atoms in total. The normalized spacial score (nSPS) is 9.73. The number of rotatable bonds is 2. The van der Waals surface area contributed by atoms with Crippen LogP contribution in [-0.2, 0) is 0 Å². The van der Waals surface area contributed by atoms with Gasteiger partial charge in [-0.05, 0) is 12.2 Å². The van der Waals surface area contributed by atoms with Crippen molar-refractivity contribution in [3.63, 3.8) is 0 Å². The van der Waals surface area contributed by atoms with Gasteiger partial charge in [0, 0.05) is 5.92 Å². The smallest absolute Gasteiger partial charge is 0.165 e. The first-order valence-corrected chi connectivity index (χ1v) is 3.69. The van der Waals surface area contributed by atoms with Crippen LogP contribution in [0.4, 0.5) is 5.69 Å². The molecule has 0 aliphatic heterocycles. The summed E-state index contributed by atoms with van der Waals surface area (Å²) in [6.07, 6.45) is 1.54. The van der Waals surface area contributed by atoms with Gasteiger partial charge in [0.15, 0.2) is 5.76 Å². The monoisotopic (exact) mass is 168 g/mol. The molecule has 0 aromatic carbocycles. The molecule has 0 spiro atoms. The van der Waals surface area contributed by atoms with Crippen molar-refractivity contribution < 1.29 is 4.52 Å². The van der Waals surface area contributed by atoms with Gasteiger partial charge < -0.3 is 4.52 Å². The van der Waals surface area contributed by atoms with Gasteiger partial charge in [0.1, 0.15) is 5.69 Å². The van der Waals surface area contributed by atoms with Gasteiger partial charge in [0.25, 0.3) is 0 Å². The number of isothiocyanates is 1. The van der Waals surface area contributed by atoms with E-state index in [4.69, 9.17) is 4.52 Å². The molecule has 0 atom stereocenters. The summed E-state index contributed by atoms with van der Waals surface area (Å²) in [5, 5.41) is 5.88. The molecule has 11 heavy (non-hydrogen) atoms. The summed E-state index contributed by atoms with van der Waals surface area (Å²) in [5.74, 6) is 1.03. The molecule has 0 aliphatic carbocycles. The van der Waals surface area contributed by atoms with Crippen LogP contribution in [0.15, 0.2) is 15.7 Å². The predicted octanol–water partition coefficient (Wildman–Crippen LogP) is 2.53. The first-order chi connectivity index (χ1) is 5.25. The highest BCUT2D eigenvalue weighted by Crippen LogP contribution is 2.25. The zero-order valence-electron chi connectivity index (χ0n) is 6.37. The molecule has 4 heteroatoms. The first-order valence-electron chi connectivity index (χ1n) is 3.28. The van der Waals surface area contributed by atoms with Gasteiger partial charge in [0.05, 0.1) is 11.4 Å². The van der Waals surface area contributed by atoms with Gasteiger partial charge in [-0.3, -0.25) is 0 Å². The number of aliphatic imine (C=N–C) groups is 1. The van der Waals surface area contributed by atoms with Crippen molar-refractivity contribution in [3.8, 4) is 0 Å². The van der Waals surface area contributed by atoms with Gasteiger partial charge in [-0.1, -0.05) is 19.0 Å². The minimum atomic E-state index is 0.277. The van der Waals surface area contributed by atoms with Crippen molar-refractivity contribution in [3.05, 3.63) is 12.0 Å². The summed E-state index contributed by atoms with van der Waals surface area (Å²) in [7, 11) is 0. The van der Waals surface area contributed by atoms with Gasteiger partial charge in [-0.15, -0.1) is 0 Å². The van der Waals surface area contributed by atoms with E-state index in [0.717, 1.165) is 5.76 Å². The molecule has 0 amide bonds. The standard InChI is InChI=1S/C7H8N2OS/c1-5(2)7-6(8-4-11)3-9-10-7/h3,5H,1-2H3. The van der Waals surface area contributed by atoms with E-state index in [1.807, 2.05) is 13.8 Å². The maximum absolute atomic E-state index is 4.95. The Bertz CT molecular complexity index is 286. The Hall–Kier alpha value is -0.990. The molecule has 0 saturated heterocycles. The predicted molar refractivity (Wildman–Crippen MR) is 45.3 cm³/mol. The van der Waals surface area contributed by atoms with Crippen LogP contribution in [-0.4, -0.2) is 10.3 Å². The number of nitrogens with zero attached hydrogens (tertiary/aromatic N) is 2. The van der Waals surface area contributed by atoms with Gasteiger partial charge >= 0.3 is 0 Å². The summed E-state index contributed by atoms with van der Waals surface area (Å²) in [4.78, 5) is 3.80. The van der Waals surface area contributed by atoms with Crippen LogP contribution < -0.4 is 0 Å². The van der Waals surface area contributed by atoms with Gasteiger partial charge in [-0.2, -0.15) is 4.99 Å². The third-order valence-electron chi connectivity index (χ3n) is 1.27. The molecule has 0 fully saturated rings. The molecule has 0 saturated carbocycles. The largest absolute Gasteiger partial charge is 0.359 e. The fraction of sp³-hybridized carbons (Fsp3) is 0.429. The first kappa shape index (κ1) is 8.11. The Morgan fingerprint density at radius 2 is 2.45 bits per heavy atom. The lowest BCUT2D eigenvalue weighted by molar-refractivity contribution is 0.371. The Labute approximate surface area is 70.1 Å². The molecule has 1 aromatic heterocycles. The van der Waals surface area contributed by atoms with Crippen LogP contribution in [0.1, 0.15) is 25.5 Å². The van der Waals surface area contributed by atoms with E-state index in [1.54, 1.807) is 0 Å². The number of hydrogen-bond acceptors (Lipinski definition) is 4. The van der Waals surface area contributed by atoms with Crippen molar-refractivity contribution >= 4 is 23.1 Å². The molecule has 1 heterocycles. The van der Waals surface area contributed by atoms with E-state index in [-0.39, 0.29) is 5.92 Å². The number of hydrogen-bond donors (Lipinski definition) is 0. The zero-order chi connectivity index (χ0) is 8.27. The van der Waals surface area contributed by atoms with E-state index in [0.29, 0.717) is 5.69 Å². The quantitative estimate of drug-likeness (QED) is 0.503. The van der Waals surface area contributed by atoms with Gasteiger partial charge in [0.2, 0.25) is 0 Å². The molecule has 0 aliphatic rings. The van der Waals surface area contributed by atoms with E-state index in [1.165, 1.54) is 6.20 Å². The van der Waals surface area contributed by atoms with E-state index < -0.39 is 0 Å². The van der Waals surface area contributed by atoms with Crippen LogP contribution in [0.5, 0.6) is 0 Å². The lowest BCUT2D eigenvalue weighted by Gasteiger charge is -1.96. The highest BCUT2D eigenvalue weighted by molar-refractivity contribution is 7.78. The molecule has 58 valence electrons. The Morgan fingerprint density at radius 3 is 3.00 bits per heavy atom. The van der Waals surface area contributed by atoms with Crippen LogP contribution in [0.25, 0.3) is 0 Å². The summed E-state index contributed by atoms with van der Waals surface area (Å²) in [5.41, 5.74) is 0.676. The molecule has 0 N–H and O–H groups in total. The van der Waals surface area contributed by atoms with Crippen molar-refractivity contribution in [2.45, 2.75) is 19.8 Å². The minimum absolute atomic E-state index is 0.277. The molecule has 1 rings (SSSR count). The summed E-state index contributed by atoms with van der Waals surface area (Å²) in [6.45, 7) is 4.01. The highest BCUT2D eigenvalue weighted by atomic mass is 32.1.